The Kier molecular flexibility index (Phi) is 5.25. The van der Waals surface area contributed by atoms with Gasteiger partial charge in [-0.3, -0.25) is 15.1 Å². The normalized spacial score (nSPS) is 13.4. The van der Waals surface area contributed by atoms with Crippen LogP contribution in [0.2, 0.25) is 0 Å². The standard InChI is InChI=1S/C15H24FN3O/c1-10(15(2,3)4)19(5)9-12-8-11(14(20)18-17)6-7-13(12)16/h6-8,10H,9,17H2,1-5H3,(H,18,20). The molecule has 1 unspecified atom stereocenters. The fourth-order valence-electron chi connectivity index (χ4n) is 1.99. The first-order valence-electron chi connectivity index (χ1n) is 6.66. The van der Waals surface area contributed by atoms with Crippen LogP contribution in [0.1, 0.15) is 43.6 Å². The summed E-state index contributed by atoms with van der Waals surface area (Å²) in [6.07, 6.45) is 0. The number of benzene rings is 1. The van der Waals surface area contributed by atoms with Crippen molar-refractivity contribution in [2.75, 3.05) is 7.05 Å². The third-order valence-electron chi connectivity index (χ3n) is 3.77. The van der Waals surface area contributed by atoms with Crippen molar-refractivity contribution in [1.82, 2.24) is 10.3 Å². The Hall–Kier alpha value is -1.46. The van der Waals surface area contributed by atoms with Crippen LogP contribution in [0.4, 0.5) is 4.39 Å². The van der Waals surface area contributed by atoms with Gasteiger partial charge in [0.05, 0.1) is 0 Å². The van der Waals surface area contributed by atoms with E-state index in [4.69, 9.17) is 5.84 Å². The highest BCUT2D eigenvalue weighted by Gasteiger charge is 2.24. The lowest BCUT2D eigenvalue weighted by atomic mass is 9.87. The van der Waals surface area contributed by atoms with E-state index in [1.807, 2.05) is 7.05 Å². The zero-order chi connectivity index (χ0) is 15.5. The third kappa shape index (κ3) is 4.02. The number of hydrogen-bond donors (Lipinski definition) is 2. The van der Waals surface area contributed by atoms with E-state index in [1.54, 1.807) is 6.07 Å². The minimum Gasteiger partial charge on any atom is -0.299 e. The molecule has 0 aliphatic carbocycles. The number of nitrogens with one attached hydrogen (secondary N) is 1. The number of nitrogens with two attached hydrogens (primary N) is 1. The molecule has 0 aliphatic rings. The summed E-state index contributed by atoms with van der Waals surface area (Å²) in [7, 11) is 1.95. The van der Waals surface area contributed by atoms with Crippen LogP contribution < -0.4 is 11.3 Å². The van der Waals surface area contributed by atoms with Gasteiger partial charge in [-0.05, 0) is 37.6 Å². The molecule has 3 N–H and O–H groups in total. The number of hydrogen-bond acceptors (Lipinski definition) is 3. The smallest absolute Gasteiger partial charge is 0.265 e. The molecule has 0 heterocycles. The van der Waals surface area contributed by atoms with Crippen LogP contribution in [0, 0.1) is 11.2 Å². The van der Waals surface area contributed by atoms with Gasteiger partial charge < -0.3 is 0 Å². The van der Waals surface area contributed by atoms with Gasteiger partial charge in [-0.1, -0.05) is 20.8 Å². The minimum absolute atomic E-state index is 0.0947. The SMILES string of the molecule is CC(N(C)Cc1cc(C(=O)NN)ccc1F)C(C)(C)C. The van der Waals surface area contributed by atoms with E-state index < -0.39 is 5.91 Å². The van der Waals surface area contributed by atoms with Gasteiger partial charge in [0.15, 0.2) is 0 Å². The Morgan fingerprint density at radius 1 is 1.45 bits per heavy atom. The molecule has 0 bridgehead atoms. The number of carbonyl (C=O) groups excluding carboxylic acids is 1. The van der Waals surface area contributed by atoms with Crippen LogP contribution in [-0.2, 0) is 6.54 Å². The van der Waals surface area contributed by atoms with Crippen LogP contribution in [0.5, 0.6) is 0 Å². The Bertz CT molecular complexity index is 482. The summed E-state index contributed by atoms with van der Waals surface area (Å²) in [5.74, 6) is 4.36. The lowest BCUT2D eigenvalue weighted by Crippen LogP contribution is -2.39. The highest BCUT2D eigenvalue weighted by atomic mass is 19.1. The number of nitrogens with zero attached hydrogens (tertiary/aromatic N) is 1. The van der Waals surface area contributed by atoms with Crippen LogP contribution in [0.3, 0.4) is 0 Å². The number of nitrogen functional groups attached to an aromatic ring is 1. The van der Waals surface area contributed by atoms with E-state index in [0.29, 0.717) is 17.7 Å². The van der Waals surface area contributed by atoms with E-state index in [0.717, 1.165) is 0 Å². The Labute approximate surface area is 120 Å². The average molecular weight is 281 g/mol. The Morgan fingerprint density at radius 3 is 2.55 bits per heavy atom. The summed E-state index contributed by atoms with van der Waals surface area (Å²) in [5, 5.41) is 0. The molecule has 1 atom stereocenters. The van der Waals surface area contributed by atoms with Crippen molar-refractivity contribution in [3.8, 4) is 0 Å². The van der Waals surface area contributed by atoms with Crippen molar-refractivity contribution in [2.24, 2.45) is 11.3 Å². The van der Waals surface area contributed by atoms with Gasteiger partial charge in [0, 0.05) is 23.7 Å². The van der Waals surface area contributed by atoms with Crippen LogP contribution in [0.25, 0.3) is 0 Å². The molecule has 0 spiro atoms. The zero-order valence-electron chi connectivity index (χ0n) is 12.8. The second-order valence-electron chi connectivity index (χ2n) is 6.24. The van der Waals surface area contributed by atoms with E-state index in [1.165, 1.54) is 12.1 Å². The summed E-state index contributed by atoms with van der Waals surface area (Å²) in [6.45, 7) is 8.97. The quantitative estimate of drug-likeness (QED) is 0.506. The molecule has 1 rings (SSSR count). The molecule has 4 nitrogen and oxygen atoms in total. The van der Waals surface area contributed by atoms with Crippen molar-refractivity contribution >= 4 is 5.91 Å². The molecule has 1 aromatic rings. The van der Waals surface area contributed by atoms with Gasteiger partial charge in [0.25, 0.3) is 5.91 Å². The zero-order valence-corrected chi connectivity index (χ0v) is 12.8. The summed E-state index contributed by atoms with van der Waals surface area (Å²) in [5.41, 5.74) is 3.00. The molecule has 0 fully saturated rings. The molecule has 1 amide bonds. The number of hydrazine groups is 1. The summed E-state index contributed by atoms with van der Waals surface area (Å²) in [4.78, 5) is 13.6. The number of rotatable bonds is 4. The van der Waals surface area contributed by atoms with Crippen LogP contribution >= 0.6 is 0 Å². The first-order valence-corrected chi connectivity index (χ1v) is 6.66. The monoisotopic (exact) mass is 281 g/mol. The van der Waals surface area contributed by atoms with Crippen molar-refractivity contribution in [3.05, 3.63) is 35.1 Å². The van der Waals surface area contributed by atoms with Gasteiger partial charge in [0.2, 0.25) is 0 Å². The summed E-state index contributed by atoms with van der Waals surface area (Å²) >= 11 is 0. The van der Waals surface area contributed by atoms with Gasteiger partial charge in [-0.2, -0.15) is 0 Å². The highest BCUT2D eigenvalue weighted by molar-refractivity contribution is 5.93. The molecule has 0 aliphatic heterocycles. The predicted octanol–water partition coefficient (Wildman–Crippen LogP) is 2.30. The van der Waals surface area contributed by atoms with Crippen molar-refractivity contribution in [2.45, 2.75) is 40.3 Å². The minimum atomic E-state index is -0.419. The maximum atomic E-state index is 13.9. The first kappa shape index (κ1) is 16.6. The van der Waals surface area contributed by atoms with Gasteiger partial charge in [-0.15, -0.1) is 0 Å². The van der Waals surface area contributed by atoms with Crippen molar-refractivity contribution in [1.29, 1.82) is 0 Å². The molecule has 0 saturated heterocycles. The van der Waals surface area contributed by atoms with E-state index in [-0.39, 0.29) is 17.3 Å². The molecule has 5 heteroatoms. The molecule has 1 aromatic carbocycles. The van der Waals surface area contributed by atoms with Gasteiger partial charge in [-0.25, -0.2) is 10.2 Å². The first-order chi connectivity index (χ1) is 9.16. The maximum absolute atomic E-state index is 13.9. The van der Waals surface area contributed by atoms with Crippen LogP contribution in [-0.4, -0.2) is 23.9 Å². The second-order valence-corrected chi connectivity index (χ2v) is 6.24. The van der Waals surface area contributed by atoms with E-state index >= 15 is 0 Å². The maximum Gasteiger partial charge on any atom is 0.265 e. The molecule has 0 radical (unpaired) electrons. The molecule has 20 heavy (non-hydrogen) atoms. The fourth-order valence-corrected chi connectivity index (χ4v) is 1.99. The molecule has 112 valence electrons. The molecule has 0 saturated carbocycles. The fraction of sp³-hybridized carbons (Fsp3) is 0.533. The van der Waals surface area contributed by atoms with Gasteiger partial charge in [0.1, 0.15) is 5.82 Å². The Balaban J connectivity index is 2.94. The van der Waals surface area contributed by atoms with Crippen molar-refractivity contribution < 1.29 is 9.18 Å². The van der Waals surface area contributed by atoms with Gasteiger partial charge >= 0.3 is 0 Å². The molecule has 0 aromatic heterocycles. The lowest BCUT2D eigenvalue weighted by Gasteiger charge is -2.35. The number of halogens is 1. The Morgan fingerprint density at radius 2 is 2.05 bits per heavy atom. The highest BCUT2D eigenvalue weighted by Crippen LogP contribution is 2.24. The van der Waals surface area contributed by atoms with E-state index in [9.17, 15) is 9.18 Å². The number of amides is 1. The van der Waals surface area contributed by atoms with Crippen LogP contribution in [0.15, 0.2) is 18.2 Å². The third-order valence-corrected chi connectivity index (χ3v) is 3.77. The summed E-state index contributed by atoms with van der Waals surface area (Å²) < 4.78 is 13.9. The lowest BCUT2D eigenvalue weighted by molar-refractivity contribution is 0.0953. The molecular weight excluding hydrogens is 257 g/mol. The topological polar surface area (TPSA) is 58.4 Å². The molecular formula is C15H24FN3O. The predicted molar refractivity (Wildman–Crippen MR) is 78.4 cm³/mol. The summed E-state index contributed by atoms with van der Waals surface area (Å²) in [6, 6.07) is 4.54. The average Bonchev–Trinajstić information content (AvgIpc) is 2.38. The second kappa shape index (κ2) is 6.33. The van der Waals surface area contributed by atoms with Crippen molar-refractivity contribution in [3.63, 3.8) is 0 Å². The number of carbonyl (C=O) groups is 1. The van der Waals surface area contributed by atoms with E-state index in [2.05, 4.69) is 38.0 Å². The largest absolute Gasteiger partial charge is 0.299 e.